The zero-order chi connectivity index (χ0) is 23.6. The molecule has 2 heterocycles. The summed E-state index contributed by atoms with van der Waals surface area (Å²) in [5.41, 5.74) is 1.42. The first-order chi connectivity index (χ1) is 15.9. The number of benzene rings is 1. The molecule has 0 unspecified atom stereocenters. The maximum Gasteiger partial charge on any atom is 0.319 e. The Kier molecular flexibility index (Phi) is 8.63. The normalized spacial score (nSPS) is 12.4. The van der Waals surface area contributed by atoms with E-state index in [1.54, 1.807) is 48.8 Å². The molecule has 8 nitrogen and oxygen atoms in total. The lowest BCUT2D eigenvalue weighted by atomic mass is 10.1. The van der Waals surface area contributed by atoms with Crippen LogP contribution in [0.3, 0.4) is 0 Å². The number of carbonyl (C=O) groups is 1. The highest BCUT2D eigenvalue weighted by molar-refractivity contribution is 6.30. The smallest absolute Gasteiger partial charge is 0.319 e. The molecular weight excluding hydrogens is 461 g/mol. The number of amides is 2. The van der Waals surface area contributed by atoms with Crippen LogP contribution in [0, 0.1) is 0 Å². The summed E-state index contributed by atoms with van der Waals surface area (Å²) in [5.74, 6) is 0.921. The molecular formula is C23H23Cl2N7O. The van der Waals surface area contributed by atoms with Gasteiger partial charge in [0, 0.05) is 22.3 Å². The van der Waals surface area contributed by atoms with Gasteiger partial charge in [0.2, 0.25) is 5.95 Å². The zero-order valence-electron chi connectivity index (χ0n) is 17.9. The topological polar surface area (TPSA) is 96.8 Å². The Morgan fingerprint density at radius 1 is 1.30 bits per heavy atom. The number of anilines is 2. The molecule has 0 aliphatic carbocycles. The monoisotopic (exact) mass is 483 g/mol. The molecule has 0 spiro atoms. The van der Waals surface area contributed by atoms with E-state index >= 15 is 0 Å². The second-order valence-corrected chi connectivity index (χ2v) is 7.80. The average Bonchev–Trinajstić information content (AvgIpc) is 3.26. The molecule has 33 heavy (non-hydrogen) atoms. The fraction of sp³-hybridized carbons (Fsp3) is 0.130. The molecule has 3 aromatic rings. The van der Waals surface area contributed by atoms with Gasteiger partial charge in [-0.15, -0.1) is 0 Å². The quantitative estimate of drug-likeness (QED) is 0.350. The van der Waals surface area contributed by atoms with Crippen LogP contribution in [0.15, 0.2) is 84.8 Å². The van der Waals surface area contributed by atoms with Gasteiger partial charge < -0.3 is 16.0 Å². The van der Waals surface area contributed by atoms with Gasteiger partial charge in [-0.05, 0) is 30.7 Å². The molecule has 0 fully saturated rings. The van der Waals surface area contributed by atoms with Gasteiger partial charge in [0.1, 0.15) is 0 Å². The molecule has 2 amide bonds. The molecule has 1 aromatic carbocycles. The third kappa shape index (κ3) is 7.48. The third-order valence-corrected chi connectivity index (χ3v) is 4.85. The van der Waals surface area contributed by atoms with E-state index in [9.17, 15) is 4.79 Å². The van der Waals surface area contributed by atoms with Gasteiger partial charge in [-0.3, -0.25) is 0 Å². The van der Waals surface area contributed by atoms with Crippen molar-refractivity contribution in [1.29, 1.82) is 0 Å². The molecule has 0 aliphatic rings. The van der Waals surface area contributed by atoms with Gasteiger partial charge in [0.05, 0.1) is 30.7 Å². The molecule has 3 rings (SSSR count). The van der Waals surface area contributed by atoms with Crippen molar-refractivity contribution in [3.05, 3.63) is 95.4 Å². The van der Waals surface area contributed by atoms with Crippen molar-refractivity contribution in [2.45, 2.75) is 13.0 Å². The van der Waals surface area contributed by atoms with Gasteiger partial charge in [-0.25, -0.2) is 14.5 Å². The highest BCUT2D eigenvalue weighted by Crippen LogP contribution is 2.18. The van der Waals surface area contributed by atoms with Crippen molar-refractivity contribution in [3.8, 4) is 5.82 Å². The summed E-state index contributed by atoms with van der Waals surface area (Å²) in [4.78, 5) is 21.0. The predicted octanol–water partition coefficient (Wildman–Crippen LogP) is 5.48. The summed E-state index contributed by atoms with van der Waals surface area (Å²) in [7, 11) is 0. The Morgan fingerprint density at radius 3 is 2.94 bits per heavy atom. The molecule has 0 aliphatic heterocycles. The lowest BCUT2D eigenvalue weighted by Crippen LogP contribution is -2.31. The van der Waals surface area contributed by atoms with Gasteiger partial charge in [-0.2, -0.15) is 10.1 Å². The number of rotatable bonds is 9. The van der Waals surface area contributed by atoms with Gasteiger partial charge in [-0.1, -0.05) is 60.1 Å². The summed E-state index contributed by atoms with van der Waals surface area (Å²) in [6, 6.07) is 8.46. The number of aromatic nitrogens is 4. The van der Waals surface area contributed by atoms with Crippen molar-refractivity contribution in [3.63, 3.8) is 0 Å². The molecule has 0 saturated heterocycles. The van der Waals surface area contributed by atoms with E-state index in [1.165, 1.54) is 10.9 Å². The maximum absolute atomic E-state index is 12.4. The van der Waals surface area contributed by atoms with Crippen LogP contribution in [0.5, 0.6) is 0 Å². The lowest BCUT2D eigenvalue weighted by Gasteiger charge is -2.14. The first-order valence-corrected chi connectivity index (χ1v) is 10.8. The number of hydrogen-bond acceptors (Lipinski definition) is 5. The lowest BCUT2D eigenvalue weighted by molar-refractivity contribution is 0.249. The summed E-state index contributed by atoms with van der Waals surface area (Å²) >= 11 is 12.2. The van der Waals surface area contributed by atoms with Crippen LogP contribution in [-0.4, -0.2) is 32.3 Å². The van der Waals surface area contributed by atoms with Crippen molar-refractivity contribution < 1.29 is 4.79 Å². The summed E-state index contributed by atoms with van der Waals surface area (Å²) in [5, 5.41) is 14.1. The molecule has 1 atom stereocenters. The summed E-state index contributed by atoms with van der Waals surface area (Å²) in [6.07, 6.45) is 11.8. The summed E-state index contributed by atoms with van der Waals surface area (Å²) < 4.78 is 1.53. The third-order valence-electron chi connectivity index (χ3n) is 4.35. The minimum Gasteiger partial charge on any atom is -0.349 e. The number of hydrogen-bond donors (Lipinski definition) is 3. The zero-order valence-corrected chi connectivity index (χ0v) is 19.4. The van der Waals surface area contributed by atoms with Crippen molar-refractivity contribution in [1.82, 2.24) is 25.1 Å². The largest absolute Gasteiger partial charge is 0.349 e. The van der Waals surface area contributed by atoms with Crippen LogP contribution in [0.1, 0.15) is 18.5 Å². The molecule has 0 radical (unpaired) electrons. The van der Waals surface area contributed by atoms with Crippen molar-refractivity contribution in [2.75, 3.05) is 17.2 Å². The van der Waals surface area contributed by atoms with Gasteiger partial charge in [0.25, 0.3) is 0 Å². The van der Waals surface area contributed by atoms with E-state index in [4.69, 9.17) is 23.2 Å². The second-order valence-electron chi connectivity index (χ2n) is 6.87. The molecule has 2 aromatic heterocycles. The average molecular weight is 484 g/mol. The fourth-order valence-electron chi connectivity index (χ4n) is 2.76. The highest BCUT2D eigenvalue weighted by Gasteiger charge is 2.11. The SMILES string of the molecule is C=C/C=C\C=C(\Cl)CNc1nccc(-n2cc(NC(=O)N[C@H](C)c3cccc(Cl)c3)cn2)n1. The minimum absolute atomic E-state index is 0.220. The van der Waals surface area contributed by atoms with Crippen LogP contribution in [-0.2, 0) is 0 Å². The van der Waals surface area contributed by atoms with Crippen LogP contribution in [0.4, 0.5) is 16.4 Å². The first-order valence-electron chi connectivity index (χ1n) is 10.0. The van der Waals surface area contributed by atoms with Gasteiger partial charge in [0.15, 0.2) is 5.82 Å². The number of nitrogens with zero attached hydrogens (tertiary/aromatic N) is 4. The maximum atomic E-state index is 12.4. The Morgan fingerprint density at radius 2 is 2.15 bits per heavy atom. The van der Waals surface area contributed by atoms with E-state index in [-0.39, 0.29) is 12.1 Å². The Balaban J connectivity index is 1.59. The van der Waals surface area contributed by atoms with Crippen LogP contribution < -0.4 is 16.0 Å². The minimum atomic E-state index is -0.362. The molecule has 0 bridgehead atoms. The predicted molar refractivity (Wildman–Crippen MR) is 133 cm³/mol. The van der Waals surface area contributed by atoms with Crippen LogP contribution in [0.25, 0.3) is 5.82 Å². The Bertz CT molecular complexity index is 1170. The van der Waals surface area contributed by atoms with Gasteiger partial charge >= 0.3 is 6.03 Å². The first kappa shape index (κ1) is 24.0. The van der Waals surface area contributed by atoms with E-state index < -0.39 is 0 Å². The van der Waals surface area contributed by atoms with Crippen LogP contribution in [0.2, 0.25) is 5.02 Å². The molecule has 10 heteroatoms. The van der Waals surface area contributed by atoms with Crippen molar-refractivity contribution in [2.24, 2.45) is 0 Å². The van der Waals surface area contributed by atoms with E-state index in [0.717, 1.165) is 5.56 Å². The number of nitrogens with one attached hydrogen (secondary N) is 3. The number of urea groups is 1. The summed E-state index contributed by atoms with van der Waals surface area (Å²) in [6.45, 7) is 5.84. The number of halogens is 2. The highest BCUT2D eigenvalue weighted by atomic mass is 35.5. The Labute approximate surface area is 202 Å². The molecule has 170 valence electrons. The fourth-order valence-corrected chi connectivity index (χ4v) is 3.10. The standard InChI is InChI=1S/C23H23Cl2N7O/c1-3-4-5-8-19(25)13-27-22-26-11-10-21(31-22)32-15-20(14-28-32)30-23(33)29-16(2)17-7-6-9-18(24)12-17/h3-12,14-16H,1,13H2,2H3,(H,26,27,31)(H2,29,30,33)/b5-4-,19-8+/t16-/m1/s1. The van der Waals surface area contributed by atoms with E-state index in [1.807, 2.05) is 25.1 Å². The van der Waals surface area contributed by atoms with Crippen LogP contribution >= 0.6 is 23.2 Å². The molecule has 0 saturated carbocycles. The second kappa shape index (κ2) is 11.8. The molecule has 3 N–H and O–H groups in total. The number of allylic oxidation sites excluding steroid dienone is 4. The number of carbonyl (C=O) groups excluding carboxylic acids is 1. The van der Waals surface area contributed by atoms with E-state index in [0.29, 0.717) is 34.1 Å². The Hall–Kier alpha value is -3.62. The van der Waals surface area contributed by atoms with E-state index in [2.05, 4.69) is 37.6 Å². The van der Waals surface area contributed by atoms with Crippen molar-refractivity contribution >= 4 is 40.9 Å².